The van der Waals surface area contributed by atoms with Crippen LogP contribution in [0.5, 0.6) is 0 Å². The summed E-state index contributed by atoms with van der Waals surface area (Å²) in [6.07, 6.45) is -3.48. The molecule has 0 spiro atoms. The Bertz CT molecular complexity index is 744. The third-order valence-corrected chi connectivity index (χ3v) is 2.93. The zero-order valence-corrected chi connectivity index (χ0v) is 11.8. The lowest BCUT2D eigenvalue weighted by Gasteiger charge is -2.09. The van der Waals surface area contributed by atoms with Gasteiger partial charge in [0.15, 0.2) is 5.76 Å². The summed E-state index contributed by atoms with van der Waals surface area (Å²) in [5, 5.41) is 0. The van der Waals surface area contributed by atoms with Crippen LogP contribution in [-0.4, -0.2) is 29.5 Å². The molecule has 0 N–H and O–H groups in total. The molecule has 1 amide bonds. The highest BCUT2D eigenvalue weighted by molar-refractivity contribution is 5.91. The molecule has 5 nitrogen and oxygen atoms in total. The van der Waals surface area contributed by atoms with Crippen molar-refractivity contribution in [3.63, 3.8) is 0 Å². The molecular weight excluding hydrogens is 301 g/mol. The summed E-state index contributed by atoms with van der Waals surface area (Å²) < 4.78 is 44.2. The monoisotopic (exact) mass is 314 g/mol. The first-order valence-electron chi connectivity index (χ1n) is 6.27. The van der Waals surface area contributed by atoms with Crippen molar-refractivity contribution in [3.8, 4) is 0 Å². The van der Waals surface area contributed by atoms with E-state index < -0.39 is 17.3 Å². The third kappa shape index (κ3) is 3.21. The fourth-order valence-electron chi connectivity index (χ4n) is 1.84. The van der Waals surface area contributed by atoms with Crippen molar-refractivity contribution in [3.05, 3.63) is 57.9 Å². The third-order valence-electron chi connectivity index (χ3n) is 2.93. The molecular formula is C14H13F3N2O3. The Labute approximate surface area is 123 Å². The highest BCUT2D eigenvalue weighted by Gasteiger charge is 2.34. The minimum Gasteiger partial charge on any atom is -0.454 e. The van der Waals surface area contributed by atoms with Gasteiger partial charge in [-0.05, 0) is 24.3 Å². The van der Waals surface area contributed by atoms with Crippen LogP contribution in [0.3, 0.4) is 0 Å². The van der Waals surface area contributed by atoms with E-state index in [1.165, 1.54) is 23.2 Å². The van der Waals surface area contributed by atoms with Crippen LogP contribution in [0, 0.1) is 0 Å². The fourth-order valence-corrected chi connectivity index (χ4v) is 1.84. The van der Waals surface area contributed by atoms with E-state index >= 15 is 0 Å². The maximum atomic E-state index is 12.7. The summed E-state index contributed by atoms with van der Waals surface area (Å²) in [4.78, 5) is 24.8. The predicted molar refractivity (Wildman–Crippen MR) is 71.5 cm³/mol. The number of alkyl halides is 3. The molecule has 0 unspecified atom stereocenters. The van der Waals surface area contributed by atoms with E-state index in [0.29, 0.717) is 0 Å². The first kappa shape index (κ1) is 15.9. The Morgan fingerprint density at radius 1 is 1.27 bits per heavy atom. The van der Waals surface area contributed by atoms with E-state index in [2.05, 4.69) is 0 Å². The Balaban J connectivity index is 2.29. The smallest absolute Gasteiger partial charge is 0.421 e. The van der Waals surface area contributed by atoms with Gasteiger partial charge in [-0.25, -0.2) is 0 Å². The van der Waals surface area contributed by atoms with E-state index in [9.17, 15) is 22.8 Å². The minimum absolute atomic E-state index is 0.0556. The lowest BCUT2D eigenvalue weighted by atomic mass is 10.2. The average Bonchev–Trinajstić information content (AvgIpc) is 2.87. The van der Waals surface area contributed by atoms with Gasteiger partial charge in [0.2, 0.25) is 0 Å². The van der Waals surface area contributed by atoms with Crippen molar-refractivity contribution in [1.82, 2.24) is 9.47 Å². The van der Waals surface area contributed by atoms with Crippen LogP contribution in [0.2, 0.25) is 0 Å². The van der Waals surface area contributed by atoms with Gasteiger partial charge in [-0.2, -0.15) is 13.2 Å². The normalized spacial score (nSPS) is 11.5. The minimum atomic E-state index is -4.71. The number of nitrogens with zero attached hydrogens (tertiary/aromatic N) is 2. The zero-order valence-electron chi connectivity index (χ0n) is 11.8. The SMILES string of the molecule is CN(C)C(=O)c1ccc(Cn2cccc(C(F)(F)F)c2=O)o1. The van der Waals surface area contributed by atoms with Crippen LogP contribution in [0.4, 0.5) is 13.2 Å². The van der Waals surface area contributed by atoms with Gasteiger partial charge in [-0.15, -0.1) is 0 Å². The van der Waals surface area contributed by atoms with E-state index in [0.717, 1.165) is 16.7 Å². The van der Waals surface area contributed by atoms with Crippen molar-refractivity contribution >= 4 is 5.91 Å². The molecule has 0 aliphatic heterocycles. The second kappa shape index (κ2) is 5.70. The van der Waals surface area contributed by atoms with Gasteiger partial charge in [0.1, 0.15) is 11.3 Å². The summed E-state index contributed by atoms with van der Waals surface area (Å²) in [5.74, 6) is -0.103. The van der Waals surface area contributed by atoms with Crippen molar-refractivity contribution < 1.29 is 22.4 Å². The number of hydrogen-bond donors (Lipinski definition) is 0. The highest BCUT2D eigenvalue weighted by atomic mass is 19.4. The molecule has 0 radical (unpaired) electrons. The highest BCUT2D eigenvalue weighted by Crippen LogP contribution is 2.26. The molecule has 0 bridgehead atoms. The molecule has 0 atom stereocenters. The number of rotatable bonds is 3. The zero-order chi connectivity index (χ0) is 16.5. The molecule has 0 fully saturated rings. The number of amides is 1. The van der Waals surface area contributed by atoms with E-state index in [4.69, 9.17) is 4.42 Å². The molecule has 0 aliphatic carbocycles. The van der Waals surface area contributed by atoms with Crippen molar-refractivity contribution in [2.24, 2.45) is 0 Å². The van der Waals surface area contributed by atoms with Gasteiger partial charge in [0.05, 0.1) is 6.54 Å². The summed E-state index contributed by atoms with van der Waals surface area (Å²) >= 11 is 0. The molecule has 118 valence electrons. The van der Waals surface area contributed by atoms with Crippen LogP contribution in [0.25, 0.3) is 0 Å². The largest absolute Gasteiger partial charge is 0.454 e. The molecule has 22 heavy (non-hydrogen) atoms. The Morgan fingerprint density at radius 3 is 2.55 bits per heavy atom. The molecule has 2 aromatic heterocycles. The second-order valence-electron chi connectivity index (χ2n) is 4.82. The van der Waals surface area contributed by atoms with Crippen molar-refractivity contribution in [2.45, 2.75) is 12.7 Å². The lowest BCUT2D eigenvalue weighted by molar-refractivity contribution is -0.138. The quantitative estimate of drug-likeness (QED) is 0.873. The number of pyridine rings is 1. The molecule has 0 aliphatic rings. The number of carbonyl (C=O) groups is 1. The topological polar surface area (TPSA) is 55.5 Å². The number of carbonyl (C=O) groups excluding carboxylic acids is 1. The van der Waals surface area contributed by atoms with Crippen LogP contribution >= 0.6 is 0 Å². The summed E-state index contributed by atoms with van der Waals surface area (Å²) in [5.41, 5.74) is -2.40. The van der Waals surface area contributed by atoms with Gasteiger partial charge in [-0.3, -0.25) is 9.59 Å². The Kier molecular flexibility index (Phi) is 4.11. The first-order chi connectivity index (χ1) is 10.2. The van der Waals surface area contributed by atoms with Gasteiger partial charge in [0.25, 0.3) is 11.5 Å². The van der Waals surface area contributed by atoms with Crippen LogP contribution in [0.1, 0.15) is 21.9 Å². The average molecular weight is 314 g/mol. The number of hydrogen-bond acceptors (Lipinski definition) is 3. The van der Waals surface area contributed by atoms with Crippen LogP contribution in [-0.2, 0) is 12.7 Å². The van der Waals surface area contributed by atoms with Gasteiger partial charge in [0, 0.05) is 20.3 Å². The number of halogens is 3. The van der Waals surface area contributed by atoms with E-state index in [1.807, 2.05) is 0 Å². The maximum absolute atomic E-state index is 12.7. The molecule has 2 heterocycles. The summed E-state index contributed by atoms with van der Waals surface area (Å²) in [6, 6.07) is 4.72. The molecule has 0 saturated heterocycles. The Morgan fingerprint density at radius 2 is 1.95 bits per heavy atom. The molecule has 2 rings (SSSR count). The van der Waals surface area contributed by atoms with E-state index in [1.54, 1.807) is 14.1 Å². The Hall–Kier alpha value is -2.51. The summed E-state index contributed by atoms with van der Waals surface area (Å²) in [6.45, 7) is -0.191. The van der Waals surface area contributed by atoms with Crippen molar-refractivity contribution in [2.75, 3.05) is 14.1 Å². The molecule has 0 aromatic carbocycles. The molecule has 8 heteroatoms. The standard InChI is InChI=1S/C14H13F3N2O3/c1-18(2)13(21)11-6-5-9(22-11)8-19-7-3-4-10(12(19)20)14(15,16)17/h3-7H,8H2,1-2H3. The fraction of sp³-hybridized carbons (Fsp3) is 0.286. The number of aromatic nitrogens is 1. The second-order valence-corrected chi connectivity index (χ2v) is 4.82. The molecule has 0 saturated carbocycles. The van der Waals surface area contributed by atoms with Gasteiger partial charge < -0.3 is 13.9 Å². The van der Waals surface area contributed by atoms with Gasteiger partial charge >= 0.3 is 6.18 Å². The maximum Gasteiger partial charge on any atom is 0.421 e. The van der Waals surface area contributed by atoms with Gasteiger partial charge in [-0.1, -0.05) is 0 Å². The van der Waals surface area contributed by atoms with E-state index in [-0.39, 0.29) is 24.0 Å². The summed E-state index contributed by atoms with van der Waals surface area (Å²) in [7, 11) is 3.09. The van der Waals surface area contributed by atoms with Crippen molar-refractivity contribution in [1.29, 1.82) is 0 Å². The van der Waals surface area contributed by atoms with Crippen LogP contribution < -0.4 is 5.56 Å². The molecule has 2 aromatic rings. The predicted octanol–water partition coefficient (Wildman–Crippen LogP) is 2.21. The van der Waals surface area contributed by atoms with Crippen LogP contribution in [0.15, 0.2) is 39.7 Å². The lowest BCUT2D eigenvalue weighted by Crippen LogP contribution is -2.28. The number of furan rings is 1. The first-order valence-corrected chi connectivity index (χ1v) is 6.27.